The highest BCUT2D eigenvalue weighted by atomic mass is 32.2. The highest BCUT2D eigenvalue weighted by molar-refractivity contribution is 7.99. The molecule has 0 amide bonds. The van der Waals surface area contributed by atoms with Crippen molar-refractivity contribution in [1.29, 1.82) is 10.5 Å². The zero-order chi connectivity index (χ0) is 15.0. The molecule has 0 aliphatic carbocycles. The summed E-state index contributed by atoms with van der Waals surface area (Å²) >= 11 is 0.930. The Morgan fingerprint density at radius 2 is 2.10 bits per heavy atom. The van der Waals surface area contributed by atoms with E-state index in [-0.39, 0.29) is 17.3 Å². The van der Waals surface area contributed by atoms with Gasteiger partial charge >= 0.3 is 6.18 Å². The first kappa shape index (κ1) is 16.0. The van der Waals surface area contributed by atoms with E-state index in [0.717, 1.165) is 17.8 Å². The number of halogens is 3. The molecule has 0 fully saturated rings. The van der Waals surface area contributed by atoms with E-state index >= 15 is 0 Å². The Balaban J connectivity index is 2.56. The normalized spacial score (nSPS) is 11.5. The number of hydrogen-bond donors (Lipinski definition) is 0. The molecule has 0 bridgehead atoms. The van der Waals surface area contributed by atoms with Crippen LogP contribution < -0.4 is 0 Å². The average molecular weight is 298 g/mol. The largest absolute Gasteiger partial charge is 0.419 e. The molecule has 0 aromatic carbocycles. The van der Waals surface area contributed by atoms with Gasteiger partial charge in [-0.2, -0.15) is 23.7 Å². The highest BCUT2D eigenvalue weighted by Crippen LogP contribution is 2.35. The Labute approximate surface area is 118 Å². The van der Waals surface area contributed by atoms with Gasteiger partial charge in [-0.15, -0.1) is 11.8 Å². The second kappa shape index (κ2) is 7.51. The van der Waals surface area contributed by atoms with E-state index in [2.05, 4.69) is 9.98 Å². The first-order chi connectivity index (χ1) is 9.49. The standard InChI is InChI=1S/C12H9F3N4S/c13-12(14,15)10-2-1-3-19-11(10)20-5-4-18-8-9(6-16)7-17/h1-3,8-9H,4-5H2. The Kier molecular flexibility index (Phi) is 6.01. The lowest BCUT2D eigenvalue weighted by Gasteiger charge is -2.10. The van der Waals surface area contributed by atoms with Gasteiger partial charge in [-0.05, 0) is 12.1 Å². The van der Waals surface area contributed by atoms with Crippen LogP contribution in [0, 0.1) is 28.6 Å². The van der Waals surface area contributed by atoms with Crippen LogP contribution in [-0.2, 0) is 6.18 Å². The molecule has 20 heavy (non-hydrogen) atoms. The van der Waals surface area contributed by atoms with Crippen molar-refractivity contribution in [2.75, 3.05) is 12.3 Å². The van der Waals surface area contributed by atoms with Crippen molar-refractivity contribution < 1.29 is 13.2 Å². The van der Waals surface area contributed by atoms with E-state index in [1.807, 2.05) is 0 Å². The van der Waals surface area contributed by atoms with Crippen molar-refractivity contribution >= 4 is 18.0 Å². The number of pyridine rings is 1. The third-order valence-corrected chi connectivity index (χ3v) is 3.05. The number of aromatic nitrogens is 1. The summed E-state index contributed by atoms with van der Waals surface area (Å²) in [5.41, 5.74) is -0.777. The number of rotatable bonds is 5. The van der Waals surface area contributed by atoms with Crippen LogP contribution >= 0.6 is 11.8 Å². The lowest BCUT2D eigenvalue weighted by Crippen LogP contribution is -2.08. The molecule has 0 unspecified atom stereocenters. The molecular formula is C12H9F3N4S. The Morgan fingerprint density at radius 1 is 1.40 bits per heavy atom. The maximum absolute atomic E-state index is 12.7. The maximum atomic E-state index is 12.7. The smallest absolute Gasteiger partial charge is 0.294 e. The molecule has 0 saturated heterocycles. The van der Waals surface area contributed by atoms with Crippen LogP contribution in [0.3, 0.4) is 0 Å². The van der Waals surface area contributed by atoms with E-state index in [4.69, 9.17) is 10.5 Å². The van der Waals surface area contributed by atoms with Gasteiger partial charge in [-0.1, -0.05) is 0 Å². The van der Waals surface area contributed by atoms with Crippen LogP contribution in [0.15, 0.2) is 28.3 Å². The van der Waals surface area contributed by atoms with Gasteiger partial charge in [0.1, 0.15) is 5.03 Å². The highest BCUT2D eigenvalue weighted by Gasteiger charge is 2.33. The number of nitriles is 2. The Hall–Kier alpha value is -2.06. The number of alkyl halides is 3. The van der Waals surface area contributed by atoms with Crippen molar-refractivity contribution in [3.8, 4) is 12.1 Å². The summed E-state index contributed by atoms with van der Waals surface area (Å²) in [6.07, 6.45) is -1.96. The second-order valence-electron chi connectivity index (χ2n) is 3.49. The van der Waals surface area contributed by atoms with Crippen LogP contribution in [0.4, 0.5) is 13.2 Å². The average Bonchev–Trinajstić information content (AvgIpc) is 2.42. The summed E-state index contributed by atoms with van der Waals surface area (Å²) < 4.78 is 38.0. The molecule has 1 aromatic heterocycles. The fourth-order valence-corrected chi connectivity index (χ4v) is 2.06. The maximum Gasteiger partial charge on any atom is 0.419 e. The van der Waals surface area contributed by atoms with Crippen molar-refractivity contribution in [1.82, 2.24) is 4.98 Å². The van der Waals surface area contributed by atoms with Gasteiger partial charge in [-0.3, -0.25) is 4.99 Å². The molecule has 0 N–H and O–H groups in total. The summed E-state index contributed by atoms with van der Waals surface area (Å²) in [6, 6.07) is 5.63. The van der Waals surface area contributed by atoms with Crippen molar-refractivity contribution in [3.63, 3.8) is 0 Å². The van der Waals surface area contributed by atoms with Crippen molar-refractivity contribution in [2.45, 2.75) is 11.2 Å². The third-order valence-electron chi connectivity index (χ3n) is 2.07. The van der Waals surface area contributed by atoms with Crippen LogP contribution in [0.25, 0.3) is 0 Å². The molecule has 4 nitrogen and oxygen atoms in total. The fraction of sp³-hybridized carbons (Fsp3) is 0.333. The molecule has 0 radical (unpaired) electrons. The van der Waals surface area contributed by atoms with Gasteiger partial charge in [0.25, 0.3) is 0 Å². The minimum absolute atomic E-state index is 0.104. The van der Waals surface area contributed by atoms with Crippen molar-refractivity contribution in [2.24, 2.45) is 10.9 Å². The summed E-state index contributed by atoms with van der Waals surface area (Å²) in [6.45, 7) is 0.207. The van der Waals surface area contributed by atoms with Crippen LogP contribution in [0.2, 0.25) is 0 Å². The van der Waals surface area contributed by atoms with E-state index in [1.54, 1.807) is 12.1 Å². The van der Waals surface area contributed by atoms with Gasteiger partial charge in [0.15, 0.2) is 5.92 Å². The lowest BCUT2D eigenvalue weighted by molar-refractivity contribution is -0.140. The van der Waals surface area contributed by atoms with Gasteiger partial charge < -0.3 is 0 Å². The minimum atomic E-state index is -4.44. The summed E-state index contributed by atoms with van der Waals surface area (Å²) in [5.74, 6) is -0.652. The van der Waals surface area contributed by atoms with Crippen LogP contribution in [-0.4, -0.2) is 23.5 Å². The van der Waals surface area contributed by atoms with Gasteiger partial charge in [0.2, 0.25) is 0 Å². The van der Waals surface area contributed by atoms with Gasteiger partial charge in [0, 0.05) is 24.7 Å². The van der Waals surface area contributed by atoms with E-state index in [0.29, 0.717) is 0 Å². The summed E-state index contributed by atoms with van der Waals surface area (Å²) in [4.78, 5) is 7.52. The monoisotopic (exact) mass is 298 g/mol. The zero-order valence-corrected chi connectivity index (χ0v) is 10.9. The molecule has 0 spiro atoms. The summed E-state index contributed by atoms with van der Waals surface area (Å²) in [5, 5.41) is 16.9. The predicted molar refractivity (Wildman–Crippen MR) is 68.0 cm³/mol. The van der Waals surface area contributed by atoms with Crippen LogP contribution in [0.5, 0.6) is 0 Å². The van der Waals surface area contributed by atoms with Gasteiger partial charge in [-0.25, -0.2) is 4.98 Å². The van der Waals surface area contributed by atoms with Gasteiger partial charge in [0.05, 0.1) is 17.7 Å². The third kappa shape index (κ3) is 4.90. The summed E-state index contributed by atoms with van der Waals surface area (Å²) in [7, 11) is 0. The molecule has 1 heterocycles. The Morgan fingerprint density at radius 3 is 2.70 bits per heavy atom. The number of hydrogen-bond acceptors (Lipinski definition) is 5. The number of thioether (sulfide) groups is 1. The minimum Gasteiger partial charge on any atom is -0.294 e. The molecular weight excluding hydrogens is 289 g/mol. The molecule has 0 aliphatic rings. The first-order valence-corrected chi connectivity index (χ1v) is 6.41. The number of aliphatic imine (C=N–C) groups is 1. The van der Waals surface area contributed by atoms with Crippen molar-refractivity contribution in [3.05, 3.63) is 23.9 Å². The Bertz CT molecular complexity index is 543. The van der Waals surface area contributed by atoms with E-state index in [1.165, 1.54) is 18.5 Å². The molecule has 1 aromatic rings. The van der Waals surface area contributed by atoms with E-state index < -0.39 is 17.7 Å². The molecule has 8 heteroatoms. The lowest BCUT2D eigenvalue weighted by atomic mass is 10.2. The van der Waals surface area contributed by atoms with Crippen LogP contribution in [0.1, 0.15) is 5.56 Å². The molecule has 0 aliphatic heterocycles. The SMILES string of the molecule is N#CC(C#N)C=NCCSc1ncccc1C(F)(F)F. The predicted octanol–water partition coefficient (Wildman–Crippen LogP) is 2.93. The molecule has 0 saturated carbocycles. The topological polar surface area (TPSA) is 72.8 Å². The van der Waals surface area contributed by atoms with E-state index in [9.17, 15) is 13.2 Å². The quantitative estimate of drug-likeness (QED) is 0.476. The second-order valence-corrected chi connectivity index (χ2v) is 4.58. The molecule has 104 valence electrons. The fourth-order valence-electron chi connectivity index (χ4n) is 1.19. The molecule has 1 rings (SSSR count). The zero-order valence-electron chi connectivity index (χ0n) is 10.1. The number of nitrogens with zero attached hydrogens (tertiary/aromatic N) is 4. The molecule has 0 atom stereocenters. The first-order valence-electron chi connectivity index (χ1n) is 5.43.